The number of aryl methyl sites for hydroxylation is 1. The summed E-state index contributed by atoms with van der Waals surface area (Å²) in [6.07, 6.45) is 0. The van der Waals surface area contributed by atoms with Crippen molar-refractivity contribution in [2.45, 2.75) is 13.8 Å². The predicted octanol–water partition coefficient (Wildman–Crippen LogP) is 2.30. The van der Waals surface area contributed by atoms with Gasteiger partial charge in [-0.25, -0.2) is 0 Å². The third-order valence-electron chi connectivity index (χ3n) is 1.94. The van der Waals surface area contributed by atoms with Gasteiger partial charge in [0.2, 0.25) is 0 Å². The van der Waals surface area contributed by atoms with Crippen LogP contribution in [0.3, 0.4) is 0 Å². The van der Waals surface area contributed by atoms with Crippen LogP contribution in [0.1, 0.15) is 22.8 Å². The van der Waals surface area contributed by atoms with E-state index in [9.17, 15) is 4.79 Å². The number of benzene rings is 1. The van der Waals surface area contributed by atoms with Crippen LogP contribution in [0.2, 0.25) is 0 Å². The van der Waals surface area contributed by atoms with Gasteiger partial charge in [-0.3, -0.25) is 4.79 Å². The molecule has 0 fully saturated rings. The van der Waals surface area contributed by atoms with Crippen LogP contribution in [-0.4, -0.2) is 12.5 Å². The van der Waals surface area contributed by atoms with Gasteiger partial charge in [0, 0.05) is 12.1 Å². The monoisotopic (exact) mass is 189 g/mol. The van der Waals surface area contributed by atoms with Gasteiger partial charge < -0.3 is 5.32 Å². The summed E-state index contributed by atoms with van der Waals surface area (Å²) < 4.78 is 0. The van der Waals surface area contributed by atoms with Crippen molar-refractivity contribution in [1.82, 2.24) is 5.32 Å². The molecule has 74 valence electrons. The van der Waals surface area contributed by atoms with Crippen molar-refractivity contribution in [2.24, 2.45) is 0 Å². The SMILES string of the molecule is C=C(C)CNC(=O)c1ccccc1C. The molecule has 0 aliphatic rings. The van der Waals surface area contributed by atoms with E-state index in [1.807, 2.05) is 38.1 Å². The summed E-state index contributed by atoms with van der Waals surface area (Å²) in [6.45, 7) is 8.08. The number of carbonyl (C=O) groups excluding carboxylic acids is 1. The first kappa shape index (κ1) is 10.5. The molecule has 0 saturated heterocycles. The minimum atomic E-state index is -0.0360. The van der Waals surface area contributed by atoms with Crippen molar-refractivity contribution in [3.8, 4) is 0 Å². The summed E-state index contributed by atoms with van der Waals surface area (Å²) in [5.74, 6) is -0.0360. The summed E-state index contributed by atoms with van der Waals surface area (Å²) in [4.78, 5) is 11.6. The van der Waals surface area contributed by atoms with Crippen molar-refractivity contribution < 1.29 is 4.79 Å². The first-order valence-corrected chi connectivity index (χ1v) is 4.59. The van der Waals surface area contributed by atoms with Crippen molar-refractivity contribution in [2.75, 3.05) is 6.54 Å². The largest absolute Gasteiger partial charge is 0.348 e. The zero-order valence-electron chi connectivity index (χ0n) is 8.63. The Morgan fingerprint density at radius 3 is 2.64 bits per heavy atom. The fraction of sp³-hybridized carbons (Fsp3) is 0.250. The summed E-state index contributed by atoms with van der Waals surface area (Å²) in [5, 5.41) is 2.80. The first-order chi connectivity index (χ1) is 6.61. The van der Waals surface area contributed by atoms with Gasteiger partial charge in [-0.15, -0.1) is 0 Å². The van der Waals surface area contributed by atoms with Crippen LogP contribution >= 0.6 is 0 Å². The van der Waals surface area contributed by atoms with Crippen LogP contribution in [-0.2, 0) is 0 Å². The molecule has 1 amide bonds. The molecule has 0 aliphatic carbocycles. The Balaban J connectivity index is 2.70. The van der Waals surface area contributed by atoms with E-state index in [1.165, 1.54) is 0 Å². The van der Waals surface area contributed by atoms with E-state index < -0.39 is 0 Å². The molecule has 0 spiro atoms. The lowest BCUT2D eigenvalue weighted by atomic mass is 10.1. The quantitative estimate of drug-likeness (QED) is 0.726. The standard InChI is InChI=1S/C12H15NO/c1-9(2)8-13-12(14)11-7-5-4-6-10(11)3/h4-7H,1,8H2,2-3H3,(H,13,14). The van der Waals surface area contributed by atoms with Gasteiger partial charge in [-0.05, 0) is 25.5 Å². The second-order valence-electron chi connectivity index (χ2n) is 3.45. The number of hydrogen-bond donors (Lipinski definition) is 1. The zero-order valence-corrected chi connectivity index (χ0v) is 8.63. The van der Waals surface area contributed by atoms with Crippen molar-refractivity contribution in [1.29, 1.82) is 0 Å². The highest BCUT2D eigenvalue weighted by atomic mass is 16.1. The molecule has 0 aromatic heterocycles. The summed E-state index contributed by atoms with van der Waals surface area (Å²) in [6, 6.07) is 7.53. The summed E-state index contributed by atoms with van der Waals surface area (Å²) >= 11 is 0. The maximum absolute atomic E-state index is 11.6. The molecule has 14 heavy (non-hydrogen) atoms. The smallest absolute Gasteiger partial charge is 0.251 e. The second-order valence-corrected chi connectivity index (χ2v) is 3.45. The van der Waals surface area contributed by atoms with Gasteiger partial charge in [0.25, 0.3) is 5.91 Å². The summed E-state index contributed by atoms with van der Waals surface area (Å²) in [7, 11) is 0. The van der Waals surface area contributed by atoms with Crippen LogP contribution in [0.4, 0.5) is 0 Å². The van der Waals surface area contributed by atoms with Gasteiger partial charge in [0.1, 0.15) is 0 Å². The third kappa shape index (κ3) is 2.73. The van der Waals surface area contributed by atoms with Gasteiger partial charge in [0.15, 0.2) is 0 Å². The highest BCUT2D eigenvalue weighted by Crippen LogP contribution is 2.06. The van der Waals surface area contributed by atoms with E-state index in [1.54, 1.807) is 0 Å². The molecule has 0 saturated carbocycles. The van der Waals surface area contributed by atoms with Crippen LogP contribution in [0.5, 0.6) is 0 Å². The normalized spacial score (nSPS) is 9.57. The van der Waals surface area contributed by atoms with E-state index in [0.717, 1.165) is 16.7 Å². The lowest BCUT2D eigenvalue weighted by molar-refractivity contribution is 0.0956. The molecule has 1 aromatic rings. The Morgan fingerprint density at radius 2 is 2.07 bits per heavy atom. The Morgan fingerprint density at radius 1 is 1.43 bits per heavy atom. The maximum Gasteiger partial charge on any atom is 0.251 e. The first-order valence-electron chi connectivity index (χ1n) is 4.59. The second kappa shape index (κ2) is 4.61. The molecule has 0 heterocycles. The van der Waals surface area contributed by atoms with Gasteiger partial charge >= 0.3 is 0 Å². The molecule has 0 unspecified atom stereocenters. The van der Waals surface area contributed by atoms with E-state index in [-0.39, 0.29) is 5.91 Å². The van der Waals surface area contributed by atoms with Crippen molar-refractivity contribution in [3.05, 3.63) is 47.5 Å². The van der Waals surface area contributed by atoms with E-state index >= 15 is 0 Å². The Bertz CT molecular complexity index is 355. The van der Waals surface area contributed by atoms with Gasteiger partial charge in [-0.2, -0.15) is 0 Å². The molecule has 2 nitrogen and oxygen atoms in total. The minimum Gasteiger partial charge on any atom is -0.348 e. The van der Waals surface area contributed by atoms with E-state index in [4.69, 9.17) is 0 Å². The van der Waals surface area contributed by atoms with Gasteiger partial charge in [0.05, 0.1) is 0 Å². The molecule has 0 radical (unpaired) electrons. The van der Waals surface area contributed by atoms with Crippen LogP contribution in [0.15, 0.2) is 36.4 Å². The highest BCUT2D eigenvalue weighted by Gasteiger charge is 2.06. The summed E-state index contributed by atoms with van der Waals surface area (Å²) in [5.41, 5.74) is 2.67. The maximum atomic E-state index is 11.6. The Hall–Kier alpha value is -1.57. The molecule has 0 atom stereocenters. The average Bonchev–Trinajstić information content (AvgIpc) is 2.15. The number of rotatable bonds is 3. The molecular weight excluding hydrogens is 174 g/mol. The Labute approximate surface area is 84.6 Å². The number of hydrogen-bond acceptors (Lipinski definition) is 1. The molecule has 1 N–H and O–H groups in total. The fourth-order valence-corrected chi connectivity index (χ4v) is 1.15. The zero-order chi connectivity index (χ0) is 10.6. The molecule has 1 aromatic carbocycles. The topological polar surface area (TPSA) is 29.1 Å². The number of nitrogens with one attached hydrogen (secondary N) is 1. The Kier molecular flexibility index (Phi) is 3.46. The van der Waals surface area contributed by atoms with Crippen molar-refractivity contribution in [3.63, 3.8) is 0 Å². The molecular formula is C12H15NO. The molecule has 1 rings (SSSR count). The lowest BCUT2D eigenvalue weighted by Crippen LogP contribution is -2.25. The molecule has 0 bridgehead atoms. The predicted molar refractivity (Wildman–Crippen MR) is 58.3 cm³/mol. The molecule has 0 aliphatic heterocycles. The average molecular weight is 189 g/mol. The number of amides is 1. The minimum absolute atomic E-state index is 0.0360. The highest BCUT2D eigenvalue weighted by molar-refractivity contribution is 5.95. The van der Waals surface area contributed by atoms with E-state index in [2.05, 4.69) is 11.9 Å². The van der Waals surface area contributed by atoms with Crippen LogP contribution < -0.4 is 5.32 Å². The van der Waals surface area contributed by atoms with Crippen LogP contribution in [0, 0.1) is 6.92 Å². The molecule has 2 heteroatoms. The van der Waals surface area contributed by atoms with E-state index in [0.29, 0.717) is 6.54 Å². The van der Waals surface area contributed by atoms with Crippen molar-refractivity contribution >= 4 is 5.91 Å². The van der Waals surface area contributed by atoms with Crippen LogP contribution in [0.25, 0.3) is 0 Å². The number of carbonyl (C=O) groups is 1. The third-order valence-corrected chi connectivity index (χ3v) is 1.94. The fourth-order valence-electron chi connectivity index (χ4n) is 1.15. The van der Waals surface area contributed by atoms with Gasteiger partial charge in [-0.1, -0.05) is 30.4 Å². The lowest BCUT2D eigenvalue weighted by Gasteiger charge is -2.06.